The number of amides is 1. The first-order valence-electron chi connectivity index (χ1n) is 7.58. The number of pyridine rings is 2. The van der Waals surface area contributed by atoms with Gasteiger partial charge in [-0.25, -0.2) is 4.98 Å². The summed E-state index contributed by atoms with van der Waals surface area (Å²) < 4.78 is 0. The zero-order valence-electron chi connectivity index (χ0n) is 13.8. The zero-order chi connectivity index (χ0) is 17.5. The molecule has 0 spiro atoms. The van der Waals surface area contributed by atoms with Crippen LogP contribution in [0.25, 0.3) is 21.9 Å². The van der Waals surface area contributed by atoms with Crippen molar-refractivity contribution < 1.29 is 9.90 Å². The van der Waals surface area contributed by atoms with Crippen LogP contribution in [0.4, 0.5) is 0 Å². The van der Waals surface area contributed by atoms with Crippen molar-refractivity contribution in [3.63, 3.8) is 0 Å². The SMILES string of the molecule is Cc1cc(C(C)(C)O)ncc1-c1ccc2c[c]nc(C(N)=O)c2c1. The number of nitrogens with zero attached hydrogens (tertiary/aromatic N) is 2. The summed E-state index contributed by atoms with van der Waals surface area (Å²) in [4.78, 5) is 19.9. The van der Waals surface area contributed by atoms with Crippen molar-refractivity contribution in [1.82, 2.24) is 9.97 Å². The molecule has 0 aliphatic carbocycles. The molecule has 121 valence electrons. The zero-order valence-corrected chi connectivity index (χ0v) is 13.8. The Morgan fingerprint density at radius 1 is 1.29 bits per heavy atom. The average molecular weight is 320 g/mol. The highest BCUT2D eigenvalue weighted by Crippen LogP contribution is 2.29. The Labute approximate surface area is 140 Å². The fourth-order valence-corrected chi connectivity index (χ4v) is 2.66. The fraction of sp³-hybridized carbons (Fsp3) is 0.211. The van der Waals surface area contributed by atoms with Gasteiger partial charge in [0.05, 0.1) is 11.9 Å². The summed E-state index contributed by atoms with van der Waals surface area (Å²) >= 11 is 0. The maximum absolute atomic E-state index is 11.6. The molecule has 1 radical (unpaired) electrons. The highest BCUT2D eigenvalue weighted by molar-refractivity contribution is 6.05. The van der Waals surface area contributed by atoms with Crippen molar-refractivity contribution >= 4 is 16.7 Å². The number of hydrogen-bond acceptors (Lipinski definition) is 4. The van der Waals surface area contributed by atoms with Crippen LogP contribution in [0.2, 0.25) is 0 Å². The van der Waals surface area contributed by atoms with Gasteiger partial charge in [0.1, 0.15) is 11.3 Å². The lowest BCUT2D eigenvalue weighted by molar-refractivity contribution is 0.0738. The molecule has 24 heavy (non-hydrogen) atoms. The number of rotatable bonds is 3. The van der Waals surface area contributed by atoms with E-state index in [4.69, 9.17) is 5.73 Å². The molecule has 0 saturated heterocycles. The molecule has 3 N–H and O–H groups in total. The Bertz CT molecular complexity index is 943. The molecule has 1 aromatic carbocycles. The van der Waals surface area contributed by atoms with Crippen molar-refractivity contribution in [3.8, 4) is 11.1 Å². The third-order valence-corrected chi connectivity index (χ3v) is 3.99. The van der Waals surface area contributed by atoms with E-state index in [2.05, 4.69) is 16.2 Å². The van der Waals surface area contributed by atoms with Gasteiger partial charge in [0.15, 0.2) is 0 Å². The molecule has 0 saturated carbocycles. The summed E-state index contributed by atoms with van der Waals surface area (Å²) in [5.41, 5.74) is 8.04. The standard InChI is InChI=1S/C19H18N3O2/c1-11-8-16(19(2,3)24)22-10-15(11)13-5-4-12-6-7-21-17(18(20)23)14(12)9-13/h4-6,8-10,24H,1-3H3,(H2,20,23). The van der Waals surface area contributed by atoms with Gasteiger partial charge in [0.2, 0.25) is 0 Å². The Morgan fingerprint density at radius 3 is 2.67 bits per heavy atom. The predicted octanol–water partition coefficient (Wildman–Crippen LogP) is 2.73. The molecular formula is C19H18N3O2. The molecule has 0 aliphatic rings. The molecular weight excluding hydrogens is 302 g/mol. The van der Waals surface area contributed by atoms with Crippen LogP contribution in [0.1, 0.15) is 35.6 Å². The number of aryl methyl sites for hydroxylation is 1. The molecule has 0 bridgehead atoms. The lowest BCUT2D eigenvalue weighted by Gasteiger charge is -2.18. The van der Waals surface area contributed by atoms with E-state index in [0.717, 1.165) is 22.1 Å². The first kappa shape index (κ1) is 16.1. The minimum atomic E-state index is -0.994. The van der Waals surface area contributed by atoms with E-state index < -0.39 is 11.5 Å². The van der Waals surface area contributed by atoms with Crippen LogP contribution in [0, 0.1) is 13.1 Å². The quantitative estimate of drug-likeness (QED) is 0.776. The lowest BCUT2D eigenvalue weighted by atomic mass is 9.96. The second kappa shape index (κ2) is 5.69. The number of fused-ring (bicyclic) bond motifs is 1. The van der Waals surface area contributed by atoms with Gasteiger partial charge in [0.25, 0.3) is 5.91 Å². The second-order valence-electron chi connectivity index (χ2n) is 6.34. The number of aromatic nitrogens is 2. The van der Waals surface area contributed by atoms with Crippen molar-refractivity contribution in [2.75, 3.05) is 0 Å². The van der Waals surface area contributed by atoms with Crippen LogP contribution in [-0.2, 0) is 5.60 Å². The Hall–Kier alpha value is -2.79. The van der Waals surface area contributed by atoms with Crippen molar-refractivity contribution in [2.24, 2.45) is 5.73 Å². The summed E-state index contributed by atoms with van der Waals surface area (Å²) in [7, 11) is 0. The maximum atomic E-state index is 11.6. The summed E-state index contributed by atoms with van der Waals surface area (Å²) in [6.07, 6.45) is 4.42. The topological polar surface area (TPSA) is 89.1 Å². The first-order chi connectivity index (χ1) is 11.3. The van der Waals surface area contributed by atoms with Crippen molar-refractivity contribution in [2.45, 2.75) is 26.4 Å². The highest BCUT2D eigenvalue weighted by Gasteiger charge is 2.19. The van der Waals surface area contributed by atoms with Gasteiger partial charge < -0.3 is 10.8 Å². The fourth-order valence-electron chi connectivity index (χ4n) is 2.66. The molecule has 3 rings (SSSR count). The van der Waals surface area contributed by atoms with E-state index in [1.165, 1.54) is 0 Å². The number of aliphatic hydroxyl groups is 1. The van der Waals surface area contributed by atoms with Crippen LogP contribution in [0.3, 0.4) is 0 Å². The maximum Gasteiger partial charge on any atom is 0.267 e. The van der Waals surface area contributed by atoms with Crippen molar-refractivity contribution in [3.05, 3.63) is 59.7 Å². The van der Waals surface area contributed by atoms with E-state index in [1.54, 1.807) is 26.1 Å². The van der Waals surface area contributed by atoms with Crippen LogP contribution >= 0.6 is 0 Å². The van der Waals surface area contributed by atoms with E-state index in [1.807, 2.05) is 31.2 Å². The number of carbonyl (C=O) groups is 1. The van der Waals surface area contributed by atoms with Crippen LogP contribution in [-0.4, -0.2) is 21.0 Å². The van der Waals surface area contributed by atoms with Gasteiger partial charge in [0, 0.05) is 17.1 Å². The molecule has 0 unspecified atom stereocenters. The number of nitrogens with two attached hydrogens (primary N) is 1. The largest absolute Gasteiger partial charge is 0.384 e. The Morgan fingerprint density at radius 2 is 2.04 bits per heavy atom. The van der Waals surface area contributed by atoms with E-state index in [9.17, 15) is 9.90 Å². The third kappa shape index (κ3) is 2.86. The van der Waals surface area contributed by atoms with E-state index >= 15 is 0 Å². The summed E-state index contributed by atoms with van der Waals surface area (Å²) in [6, 6.07) is 9.32. The lowest BCUT2D eigenvalue weighted by Crippen LogP contribution is -2.17. The highest BCUT2D eigenvalue weighted by atomic mass is 16.3. The predicted molar refractivity (Wildman–Crippen MR) is 92.3 cm³/mol. The third-order valence-electron chi connectivity index (χ3n) is 3.99. The molecule has 3 aromatic rings. The molecule has 0 aliphatic heterocycles. The summed E-state index contributed by atoms with van der Waals surface area (Å²) in [5.74, 6) is -0.582. The van der Waals surface area contributed by atoms with Crippen LogP contribution < -0.4 is 5.73 Å². The summed E-state index contributed by atoms with van der Waals surface area (Å²) in [6.45, 7) is 5.36. The molecule has 5 nitrogen and oxygen atoms in total. The monoisotopic (exact) mass is 320 g/mol. The van der Waals surface area contributed by atoms with Gasteiger partial charge in [-0.2, -0.15) is 0 Å². The van der Waals surface area contributed by atoms with Gasteiger partial charge in [-0.15, -0.1) is 0 Å². The average Bonchev–Trinajstić information content (AvgIpc) is 2.52. The van der Waals surface area contributed by atoms with E-state index in [0.29, 0.717) is 11.1 Å². The normalized spacial score (nSPS) is 11.7. The molecule has 5 heteroatoms. The smallest absolute Gasteiger partial charge is 0.267 e. The van der Waals surface area contributed by atoms with Crippen molar-refractivity contribution in [1.29, 1.82) is 0 Å². The minimum Gasteiger partial charge on any atom is -0.384 e. The molecule has 0 atom stereocenters. The number of primary amides is 1. The van der Waals surface area contributed by atoms with Gasteiger partial charge >= 0.3 is 0 Å². The van der Waals surface area contributed by atoms with Gasteiger partial charge in [-0.05, 0) is 55.5 Å². The van der Waals surface area contributed by atoms with Gasteiger partial charge in [-0.3, -0.25) is 9.78 Å². The minimum absolute atomic E-state index is 0.202. The van der Waals surface area contributed by atoms with Crippen LogP contribution in [0.15, 0.2) is 36.5 Å². The summed E-state index contributed by atoms with van der Waals surface area (Å²) in [5, 5.41) is 11.6. The van der Waals surface area contributed by atoms with Crippen LogP contribution in [0.5, 0.6) is 0 Å². The van der Waals surface area contributed by atoms with Gasteiger partial charge in [-0.1, -0.05) is 12.1 Å². The Kier molecular flexibility index (Phi) is 3.81. The molecule has 1 amide bonds. The number of carbonyl (C=O) groups excluding carboxylic acids is 1. The first-order valence-corrected chi connectivity index (χ1v) is 7.58. The van der Waals surface area contributed by atoms with E-state index in [-0.39, 0.29) is 5.69 Å². The number of benzene rings is 1. The molecule has 2 heterocycles. The number of hydrogen-bond donors (Lipinski definition) is 2. The Balaban J connectivity index is 2.17. The molecule has 0 fully saturated rings. The second-order valence-corrected chi connectivity index (χ2v) is 6.34. The molecule has 2 aromatic heterocycles.